The molecule has 5 heterocycles. The van der Waals surface area contributed by atoms with Crippen molar-refractivity contribution in [2.24, 2.45) is 5.92 Å². The summed E-state index contributed by atoms with van der Waals surface area (Å²) in [5.41, 5.74) is 5.13. The molecule has 4 aromatic rings. The van der Waals surface area contributed by atoms with Gasteiger partial charge < -0.3 is 15.4 Å². The molecule has 1 saturated carbocycles. The molecule has 0 spiro atoms. The van der Waals surface area contributed by atoms with E-state index in [1.807, 2.05) is 5.32 Å². The van der Waals surface area contributed by atoms with Crippen LogP contribution in [0.5, 0.6) is 5.75 Å². The summed E-state index contributed by atoms with van der Waals surface area (Å²) < 4.78 is 110. The highest BCUT2D eigenvalue weighted by Gasteiger charge is 2.46. The van der Waals surface area contributed by atoms with Gasteiger partial charge in [0.1, 0.15) is 18.0 Å². The van der Waals surface area contributed by atoms with Gasteiger partial charge in [0.25, 0.3) is 11.8 Å². The molecule has 3 aliphatic heterocycles. The zero-order valence-electron chi connectivity index (χ0n) is 38.2. The number of piperidine rings is 1. The summed E-state index contributed by atoms with van der Waals surface area (Å²) in [6, 6.07) is 4.23. The molecule has 2 aromatic heterocycles. The van der Waals surface area contributed by atoms with Crippen molar-refractivity contribution in [3.63, 3.8) is 0 Å². The van der Waals surface area contributed by atoms with E-state index in [9.17, 15) is 23.6 Å². The molecule has 57 heavy (non-hydrogen) atoms. The summed E-state index contributed by atoms with van der Waals surface area (Å²) in [7, 11) is 0. The van der Waals surface area contributed by atoms with Crippen LogP contribution in [0.25, 0.3) is 11.1 Å². The number of rotatable bonds is 9. The highest BCUT2D eigenvalue weighted by Crippen LogP contribution is 2.39. The van der Waals surface area contributed by atoms with Gasteiger partial charge in [0.2, 0.25) is 11.8 Å². The summed E-state index contributed by atoms with van der Waals surface area (Å²) in [5.74, 6) is -6.45. The predicted octanol–water partition coefficient (Wildman–Crippen LogP) is 6.21. The first-order valence-electron chi connectivity index (χ1n) is 22.1. The predicted molar refractivity (Wildman–Crippen MR) is 208 cm³/mol. The van der Waals surface area contributed by atoms with Crippen LogP contribution >= 0.6 is 23.2 Å². The van der Waals surface area contributed by atoms with Crippen LogP contribution in [0.3, 0.4) is 0 Å². The van der Waals surface area contributed by atoms with Crippen LogP contribution < -0.4 is 20.7 Å². The Morgan fingerprint density at radius 3 is 2.47 bits per heavy atom. The van der Waals surface area contributed by atoms with Crippen LogP contribution in [0.4, 0.5) is 20.3 Å². The van der Waals surface area contributed by atoms with Crippen molar-refractivity contribution in [1.82, 2.24) is 29.9 Å². The molecule has 2 atom stereocenters. The molecule has 13 nitrogen and oxygen atoms in total. The number of amides is 4. The minimum absolute atomic E-state index is 0.00734. The Hall–Kier alpha value is -5.12. The van der Waals surface area contributed by atoms with E-state index in [4.69, 9.17) is 44.6 Å². The fourth-order valence-corrected chi connectivity index (χ4v) is 8.25. The van der Waals surface area contributed by atoms with Crippen LogP contribution in [0, 0.1) is 17.6 Å². The van der Waals surface area contributed by atoms with Gasteiger partial charge in [0.15, 0.2) is 17.4 Å². The zero-order valence-corrected chi connectivity index (χ0v) is 31.7. The first-order chi connectivity index (χ1) is 30.4. The lowest BCUT2D eigenvalue weighted by molar-refractivity contribution is -0.136. The van der Waals surface area contributed by atoms with Crippen molar-refractivity contribution in [3.8, 4) is 16.9 Å². The van der Waals surface area contributed by atoms with E-state index in [0.29, 0.717) is 46.6 Å². The zero-order chi connectivity index (χ0) is 47.3. The van der Waals surface area contributed by atoms with Crippen molar-refractivity contribution in [2.75, 3.05) is 43.2 Å². The summed E-state index contributed by atoms with van der Waals surface area (Å²) in [5, 5.41) is 6.58. The number of nitrogen functional groups attached to an aromatic ring is 1. The van der Waals surface area contributed by atoms with Crippen molar-refractivity contribution in [2.45, 2.75) is 63.6 Å². The molecule has 8 rings (SSSR count). The number of aromatic nitrogens is 3. The Kier molecular flexibility index (Phi) is 8.25. The number of carbonyl (C=O) groups is 4. The second-order valence-corrected chi connectivity index (χ2v) is 15.0. The second kappa shape index (κ2) is 15.7. The topological polar surface area (TPSA) is 156 Å². The first-order valence-corrected chi connectivity index (χ1v) is 18.9. The lowest BCUT2D eigenvalue weighted by atomic mass is 9.85. The van der Waals surface area contributed by atoms with E-state index >= 15 is 4.39 Å². The largest absolute Gasteiger partial charge is 0.482 e. The maximum atomic E-state index is 16.6. The molecule has 0 bridgehead atoms. The van der Waals surface area contributed by atoms with Crippen molar-refractivity contribution in [1.29, 1.82) is 0 Å². The first kappa shape index (κ1) is 30.0. The van der Waals surface area contributed by atoms with E-state index in [0.717, 1.165) is 18.2 Å². The van der Waals surface area contributed by atoms with Gasteiger partial charge in [-0.05, 0) is 75.3 Å². The van der Waals surface area contributed by atoms with Gasteiger partial charge >= 0.3 is 0 Å². The number of fused-ring (bicyclic) bond motifs is 1. The quantitative estimate of drug-likeness (QED) is 0.147. The van der Waals surface area contributed by atoms with Crippen molar-refractivity contribution in [3.05, 3.63) is 87.3 Å². The molecule has 1 aliphatic carbocycles. The number of halogens is 4. The van der Waals surface area contributed by atoms with E-state index < -0.39 is 103 Å². The minimum atomic E-state index is -3.49. The molecule has 0 radical (unpaired) electrons. The molecule has 3 N–H and O–H groups in total. The van der Waals surface area contributed by atoms with Gasteiger partial charge in [0.05, 0.1) is 39.6 Å². The fourth-order valence-electron chi connectivity index (χ4n) is 7.58. The number of carbonyl (C=O) groups excluding carboxylic acids is 4. The third-order valence-electron chi connectivity index (χ3n) is 10.6. The minimum Gasteiger partial charge on any atom is -0.482 e. The highest BCUT2D eigenvalue weighted by atomic mass is 35.5. The average Bonchev–Trinajstić information content (AvgIpc) is 3.82. The van der Waals surface area contributed by atoms with E-state index in [1.54, 1.807) is 30.1 Å². The molecule has 2 saturated heterocycles. The SMILES string of the molecule is [2H]C1([2H])N(CC2CCC(n3cc(-c4cnc(N)c(O[C@H](C)c5c(Cl)ccc(F)c5Cl)c4)cn3)CC2)C([2H])([2H])C([2H])([2H])N(c2ccc3c(c2F)C(=O)N(C2CCC(=O)NC2=O)C3=O)C1([2H])[2H]. The third-order valence-corrected chi connectivity index (χ3v) is 11.3. The number of imide groups is 2. The number of hydrogen-bond acceptors (Lipinski definition) is 10. The lowest BCUT2D eigenvalue weighted by Crippen LogP contribution is -2.54. The molecule has 4 amide bonds. The summed E-state index contributed by atoms with van der Waals surface area (Å²) in [6.45, 7) is -12.4. The lowest BCUT2D eigenvalue weighted by Gasteiger charge is -2.39. The second-order valence-electron chi connectivity index (χ2n) is 14.2. The Bertz CT molecular complexity index is 2630. The van der Waals surface area contributed by atoms with Crippen LogP contribution in [0.2, 0.25) is 10.0 Å². The number of anilines is 2. The number of nitrogens with one attached hydrogen (secondary N) is 1. The van der Waals surface area contributed by atoms with E-state index in [1.165, 1.54) is 12.3 Å². The molecule has 2 aromatic carbocycles. The van der Waals surface area contributed by atoms with Gasteiger partial charge in [-0.25, -0.2) is 13.8 Å². The van der Waals surface area contributed by atoms with Gasteiger partial charge in [-0.3, -0.25) is 39.0 Å². The van der Waals surface area contributed by atoms with Gasteiger partial charge in [0, 0.05) is 78.5 Å². The van der Waals surface area contributed by atoms with Crippen LogP contribution in [-0.4, -0.2) is 86.8 Å². The molecule has 17 heteroatoms. The summed E-state index contributed by atoms with van der Waals surface area (Å²) in [4.78, 5) is 56.3. The maximum absolute atomic E-state index is 16.6. The van der Waals surface area contributed by atoms with Crippen LogP contribution in [0.1, 0.15) is 94.8 Å². The van der Waals surface area contributed by atoms with Crippen molar-refractivity contribution < 1.29 is 43.7 Å². The number of hydrogen-bond donors (Lipinski definition) is 2. The number of piperazine rings is 1. The third kappa shape index (κ3) is 7.43. The Labute approximate surface area is 348 Å². The van der Waals surface area contributed by atoms with E-state index in [2.05, 4.69) is 10.1 Å². The maximum Gasteiger partial charge on any atom is 0.265 e. The molecule has 3 fully saturated rings. The summed E-state index contributed by atoms with van der Waals surface area (Å²) >= 11 is 12.5. The Morgan fingerprint density at radius 1 is 0.982 bits per heavy atom. The molecular weight excluding hydrogens is 781 g/mol. The fraction of sp³-hybridized carbons (Fsp3) is 0.400. The average molecular weight is 830 g/mol. The van der Waals surface area contributed by atoms with Crippen molar-refractivity contribution >= 4 is 58.3 Å². The number of ether oxygens (including phenoxy) is 1. The molecule has 4 aliphatic rings. The molecule has 298 valence electrons. The number of benzene rings is 2. The van der Waals surface area contributed by atoms with Crippen LogP contribution in [-0.2, 0) is 9.59 Å². The number of nitrogens with zero attached hydrogens (tertiary/aromatic N) is 6. The van der Waals surface area contributed by atoms with E-state index in [-0.39, 0.29) is 51.0 Å². The van der Waals surface area contributed by atoms with Gasteiger partial charge in [-0.1, -0.05) is 23.2 Å². The molecular formula is C40H40Cl2F2N8O5. The Morgan fingerprint density at radius 2 is 1.74 bits per heavy atom. The smallest absolute Gasteiger partial charge is 0.265 e. The highest BCUT2D eigenvalue weighted by molar-refractivity contribution is 6.36. The summed E-state index contributed by atoms with van der Waals surface area (Å²) in [6.07, 6.45) is 5.44. The van der Waals surface area contributed by atoms with Gasteiger partial charge in [-0.2, -0.15) is 5.10 Å². The Balaban J connectivity index is 0.970. The molecule has 1 unspecified atom stereocenters. The number of pyridine rings is 1. The number of nitrogens with two attached hydrogens (primary N) is 1. The normalized spacial score (nSPS) is 27.8. The monoisotopic (exact) mass is 828 g/mol. The standard InChI is InChI=1S/C40H40Cl2F2N8O5/c1-21(33-27(41)7-8-28(43)35(33)42)57-31-16-23(17-46-37(31)45)24-18-47-51(20-24)25-4-2-22(3-5-25)19-49-12-14-50(15-13-49)29-9-6-26-34(36(29)44)40(56)52(39(26)55)30-10-11-32(53)48-38(30)54/h6-9,16-18,20-22,25,30H,2-5,10-15,19H2,1H3,(H2,45,46)(H,48,53,54)/t21-,22?,25?,30?/m1/s1/i12D2,13D2,14D2,15D2. The van der Waals surface area contributed by atoms with Crippen LogP contribution in [0.15, 0.2) is 48.9 Å². The van der Waals surface area contributed by atoms with Gasteiger partial charge in [-0.15, -0.1) is 0 Å².